The van der Waals surface area contributed by atoms with Crippen LogP contribution in [0, 0.1) is 0 Å². The summed E-state index contributed by atoms with van der Waals surface area (Å²) in [6.45, 7) is 16.2. The molecule has 0 aliphatic carbocycles. The van der Waals surface area contributed by atoms with Crippen molar-refractivity contribution in [3.63, 3.8) is 0 Å². The first-order valence-corrected chi connectivity index (χ1v) is 14.9. The van der Waals surface area contributed by atoms with Gasteiger partial charge in [-0.3, -0.25) is 0 Å². The van der Waals surface area contributed by atoms with Crippen LogP contribution in [0.5, 0.6) is 17.2 Å². The predicted molar refractivity (Wildman–Crippen MR) is 177 cm³/mol. The van der Waals surface area contributed by atoms with E-state index in [1.165, 1.54) is 12.8 Å². The molecule has 3 aromatic rings. The summed E-state index contributed by atoms with van der Waals surface area (Å²) in [5, 5.41) is 0. The lowest BCUT2D eigenvalue weighted by atomic mass is 10.3. The van der Waals surface area contributed by atoms with E-state index in [4.69, 9.17) is 28.4 Å². The standard InChI is InChI=1S/3C10H14O2.2C3H8/c3*1-9(11-2)8-12-10-6-4-3-5-7-10;2*1-3-2/h3*3-7,9H,8H2,1-2H3;2*3H2,1-2H3. The highest BCUT2D eigenvalue weighted by Crippen LogP contribution is 2.10. The molecule has 0 heterocycles. The summed E-state index contributed by atoms with van der Waals surface area (Å²) >= 11 is 0. The molecule has 0 saturated carbocycles. The fraction of sp³-hybridized carbons (Fsp3) is 0.500. The molecule has 0 amide bonds. The van der Waals surface area contributed by atoms with Crippen LogP contribution in [0.4, 0.5) is 0 Å². The van der Waals surface area contributed by atoms with Crippen molar-refractivity contribution in [1.82, 2.24) is 0 Å². The molecule has 0 aliphatic rings. The van der Waals surface area contributed by atoms with Gasteiger partial charge in [-0.2, -0.15) is 0 Å². The van der Waals surface area contributed by atoms with E-state index in [2.05, 4.69) is 27.7 Å². The lowest BCUT2D eigenvalue weighted by Crippen LogP contribution is -2.15. The van der Waals surface area contributed by atoms with Crippen molar-refractivity contribution in [3.05, 3.63) is 91.0 Å². The highest BCUT2D eigenvalue weighted by molar-refractivity contribution is 5.22. The Morgan fingerprint density at radius 2 is 0.595 bits per heavy atom. The molecule has 3 rings (SSSR count). The van der Waals surface area contributed by atoms with Crippen molar-refractivity contribution >= 4 is 0 Å². The SMILES string of the molecule is CCC.CCC.COC(C)COc1ccccc1.COC(C)COc1ccccc1.COC(C)COc1ccccc1. The van der Waals surface area contributed by atoms with Gasteiger partial charge in [0.15, 0.2) is 0 Å². The molecule has 238 valence electrons. The van der Waals surface area contributed by atoms with Crippen LogP contribution in [0.3, 0.4) is 0 Å². The molecule has 6 heteroatoms. The predicted octanol–water partition coefficient (Wildman–Crippen LogP) is 9.13. The second-order valence-electron chi connectivity index (χ2n) is 9.43. The second kappa shape index (κ2) is 30.9. The number of hydrogen-bond acceptors (Lipinski definition) is 6. The van der Waals surface area contributed by atoms with Crippen molar-refractivity contribution in [1.29, 1.82) is 0 Å². The summed E-state index contributed by atoms with van der Waals surface area (Å²) in [7, 11) is 5.04. The molecule has 0 N–H and O–H groups in total. The Labute approximate surface area is 257 Å². The third-order valence-electron chi connectivity index (χ3n) is 4.89. The van der Waals surface area contributed by atoms with Crippen molar-refractivity contribution in [3.8, 4) is 17.2 Å². The van der Waals surface area contributed by atoms with Gasteiger partial charge in [0.05, 0.1) is 18.3 Å². The molecule has 0 aliphatic heterocycles. The van der Waals surface area contributed by atoms with Crippen LogP contribution in [0.25, 0.3) is 0 Å². The van der Waals surface area contributed by atoms with Crippen molar-refractivity contribution in [2.75, 3.05) is 41.2 Å². The van der Waals surface area contributed by atoms with Gasteiger partial charge in [-0.25, -0.2) is 0 Å². The lowest BCUT2D eigenvalue weighted by molar-refractivity contribution is 0.0716. The fourth-order valence-corrected chi connectivity index (χ4v) is 2.40. The van der Waals surface area contributed by atoms with E-state index in [1.54, 1.807) is 21.3 Å². The van der Waals surface area contributed by atoms with Crippen molar-refractivity contribution in [2.45, 2.75) is 79.6 Å². The highest BCUT2D eigenvalue weighted by Gasteiger charge is 2.00. The van der Waals surface area contributed by atoms with Crippen LogP contribution < -0.4 is 14.2 Å². The monoisotopic (exact) mass is 586 g/mol. The van der Waals surface area contributed by atoms with Gasteiger partial charge in [-0.1, -0.05) is 95.1 Å². The molecule has 6 nitrogen and oxygen atoms in total. The first kappa shape index (κ1) is 41.1. The quantitative estimate of drug-likeness (QED) is 0.211. The largest absolute Gasteiger partial charge is 0.491 e. The van der Waals surface area contributed by atoms with Gasteiger partial charge < -0.3 is 28.4 Å². The maximum atomic E-state index is 5.43. The van der Waals surface area contributed by atoms with E-state index in [-0.39, 0.29) is 18.3 Å². The van der Waals surface area contributed by atoms with Crippen molar-refractivity contribution < 1.29 is 28.4 Å². The van der Waals surface area contributed by atoms with E-state index in [0.29, 0.717) is 19.8 Å². The molecular weight excluding hydrogens is 528 g/mol. The minimum atomic E-state index is 0.144. The fourth-order valence-electron chi connectivity index (χ4n) is 2.40. The van der Waals surface area contributed by atoms with E-state index >= 15 is 0 Å². The number of rotatable bonds is 12. The van der Waals surface area contributed by atoms with E-state index in [0.717, 1.165) is 17.2 Å². The molecule has 0 fully saturated rings. The molecule has 3 atom stereocenters. The Bertz CT molecular complexity index is 773. The molecule has 0 bridgehead atoms. The number of ether oxygens (including phenoxy) is 6. The van der Waals surface area contributed by atoms with E-state index < -0.39 is 0 Å². The summed E-state index contributed by atoms with van der Waals surface area (Å²) in [6.07, 6.45) is 2.93. The zero-order valence-corrected chi connectivity index (χ0v) is 27.9. The summed E-state index contributed by atoms with van der Waals surface area (Å²) in [4.78, 5) is 0. The Hall–Kier alpha value is -3.06. The van der Waals surface area contributed by atoms with Gasteiger partial charge in [-0.05, 0) is 57.2 Å². The molecule has 0 aromatic heterocycles. The third-order valence-corrected chi connectivity index (χ3v) is 4.89. The first-order chi connectivity index (χ1) is 20.3. The summed E-state index contributed by atoms with van der Waals surface area (Å²) in [6, 6.07) is 29.2. The van der Waals surface area contributed by atoms with Crippen LogP contribution in [0.2, 0.25) is 0 Å². The molecule has 3 unspecified atom stereocenters. The Morgan fingerprint density at radius 3 is 0.762 bits per heavy atom. The maximum Gasteiger partial charge on any atom is 0.119 e. The van der Waals surface area contributed by atoms with E-state index in [1.807, 2.05) is 112 Å². The topological polar surface area (TPSA) is 55.4 Å². The highest BCUT2D eigenvalue weighted by atomic mass is 16.5. The van der Waals surface area contributed by atoms with Crippen LogP contribution in [0.1, 0.15) is 61.3 Å². The Kier molecular flexibility index (Phi) is 30.2. The minimum absolute atomic E-state index is 0.144. The number of para-hydroxylation sites is 3. The molecule has 3 aromatic carbocycles. The average Bonchev–Trinajstić information content (AvgIpc) is 3.04. The summed E-state index contributed by atoms with van der Waals surface area (Å²) in [5.74, 6) is 2.67. The van der Waals surface area contributed by atoms with Gasteiger partial charge in [0.1, 0.15) is 37.1 Å². The molecule has 0 radical (unpaired) electrons. The van der Waals surface area contributed by atoms with Crippen LogP contribution >= 0.6 is 0 Å². The minimum Gasteiger partial charge on any atom is -0.491 e. The van der Waals surface area contributed by atoms with Crippen LogP contribution in [0.15, 0.2) is 91.0 Å². The summed E-state index contributed by atoms with van der Waals surface area (Å²) < 4.78 is 31.4. The maximum absolute atomic E-state index is 5.43. The Balaban J connectivity index is 0. The summed E-state index contributed by atoms with van der Waals surface area (Å²) in [5.41, 5.74) is 0. The van der Waals surface area contributed by atoms with Gasteiger partial charge in [0, 0.05) is 21.3 Å². The average molecular weight is 587 g/mol. The first-order valence-electron chi connectivity index (χ1n) is 14.9. The normalized spacial score (nSPS) is 11.6. The zero-order valence-electron chi connectivity index (χ0n) is 27.9. The number of methoxy groups -OCH3 is 3. The van der Waals surface area contributed by atoms with Crippen LogP contribution in [-0.4, -0.2) is 59.5 Å². The smallest absolute Gasteiger partial charge is 0.119 e. The van der Waals surface area contributed by atoms with Gasteiger partial charge in [0.25, 0.3) is 0 Å². The number of hydrogen-bond donors (Lipinski definition) is 0. The number of benzene rings is 3. The molecule has 42 heavy (non-hydrogen) atoms. The van der Waals surface area contributed by atoms with Crippen LogP contribution in [-0.2, 0) is 14.2 Å². The van der Waals surface area contributed by atoms with Gasteiger partial charge >= 0.3 is 0 Å². The van der Waals surface area contributed by atoms with Gasteiger partial charge in [0.2, 0.25) is 0 Å². The Morgan fingerprint density at radius 1 is 0.405 bits per heavy atom. The van der Waals surface area contributed by atoms with E-state index in [9.17, 15) is 0 Å². The third kappa shape index (κ3) is 27.1. The van der Waals surface area contributed by atoms with Gasteiger partial charge in [-0.15, -0.1) is 0 Å². The van der Waals surface area contributed by atoms with Crippen molar-refractivity contribution in [2.24, 2.45) is 0 Å². The molecular formula is C36H58O6. The molecule has 0 saturated heterocycles. The lowest BCUT2D eigenvalue weighted by Gasteiger charge is -2.10. The zero-order chi connectivity index (χ0) is 31.8. The second-order valence-corrected chi connectivity index (χ2v) is 9.43. The molecule has 0 spiro atoms.